The van der Waals surface area contributed by atoms with Gasteiger partial charge in [-0.25, -0.2) is 14.4 Å². The maximum Gasteiger partial charge on any atom is 0.253 e. The van der Waals surface area contributed by atoms with Gasteiger partial charge in [-0.15, -0.1) is 0 Å². The third-order valence-corrected chi connectivity index (χ3v) is 6.53. The summed E-state index contributed by atoms with van der Waals surface area (Å²) in [5, 5.41) is 1.05. The average molecular weight is 433 g/mol. The van der Waals surface area contributed by atoms with Gasteiger partial charge < -0.3 is 4.90 Å². The summed E-state index contributed by atoms with van der Waals surface area (Å²) in [5.41, 5.74) is 3.71. The lowest BCUT2D eigenvalue weighted by molar-refractivity contribution is 0.0772. The molecular formula is C24H21FN4OS. The molecular weight excluding hydrogens is 411 g/mol. The Kier molecular flexibility index (Phi) is 5.19. The molecule has 1 aliphatic rings. The van der Waals surface area contributed by atoms with Gasteiger partial charge in [-0.3, -0.25) is 9.36 Å². The van der Waals surface area contributed by atoms with E-state index in [0.29, 0.717) is 22.6 Å². The van der Waals surface area contributed by atoms with Crippen LogP contribution in [0, 0.1) is 12.7 Å². The van der Waals surface area contributed by atoms with Gasteiger partial charge in [-0.1, -0.05) is 24.3 Å². The van der Waals surface area contributed by atoms with Crippen LogP contribution in [0.1, 0.15) is 15.9 Å². The van der Waals surface area contributed by atoms with Crippen molar-refractivity contribution < 1.29 is 9.18 Å². The van der Waals surface area contributed by atoms with E-state index in [-0.39, 0.29) is 11.7 Å². The molecule has 1 fully saturated rings. The van der Waals surface area contributed by atoms with E-state index in [2.05, 4.69) is 9.97 Å². The predicted molar refractivity (Wildman–Crippen MR) is 122 cm³/mol. The second-order valence-electron chi connectivity index (χ2n) is 7.57. The molecule has 0 atom stereocenters. The van der Waals surface area contributed by atoms with E-state index >= 15 is 0 Å². The van der Waals surface area contributed by atoms with Crippen LogP contribution >= 0.6 is 11.8 Å². The van der Waals surface area contributed by atoms with E-state index in [1.54, 1.807) is 30.6 Å². The predicted octanol–water partition coefficient (Wildman–Crippen LogP) is 4.72. The third-order valence-electron chi connectivity index (χ3n) is 5.59. The minimum atomic E-state index is -0.305. The first kappa shape index (κ1) is 19.8. The Labute approximate surface area is 183 Å². The molecule has 0 radical (unpaired) electrons. The monoisotopic (exact) mass is 432 g/mol. The van der Waals surface area contributed by atoms with Crippen LogP contribution in [-0.2, 0) is 0 Å². The molecule has 2 aromatic heterocycles. The summed E-state index contributed by atoms with van der Waals surface area (Å²) in [6.45, 7) is 3.58. The number of fused-ring (bicyclic) bond motifs is 1. The van der Waals surface area contributed by atoms with Gasteiger partial charge in [0.15, 0.2) is 0 Å². The molecule has 0 spiro atoms. The summed E-state index contributed by atoms with van der Waals surface area (Å²) < 4.78 is 16.0. The summed E-state index contributed by atoms with van der Waals surface area (Å²) in [6, 6.07) is 12.4. The van der Waals surface area contributed by atoms with Crippen molar-refractivity contribution in [1.82, 2.24) is 19.4 Å². The number of carbonyl (C=O) groups excluding carboxylic acids is 1. The van der Waals surface area contributed by atoms with Gasteiger partial charge in [0.25, 0.3) is 5.91 Å². The molecule has 156 valence electrons. The molecule has 3 heterocycles. The fourth-order valence-corrected chi connectivity index (χ4v) is 4.83. The van der Waals surface area contributed by atoms with Gasteiger partial charge in [-0.2, -0.15) is 11.8 Å². The van der Waals surface area contributed by atoms with Crippen LogP contribution in [0.15, 0.2) is 61.1 Å². The normalized spacial score (nSPS) is 14.2. The van der Waals surface area contributed by atoms with Gasteiger partial charge in [0.2, 0.25) is 5.95 Å². The number of amides is 1. The Hall–Kier alpha value is -3.19. The summed E-state index contributed by atoms with van der Waals surface area (Å²) in [7, 11) is 0. The highest BCUT2D eigenvalue weighted by Crippen LogP contribution is 2.26. The lowest BCUT2D eigenvalue weighted by atomic mass is 10.1. The van der Waals surface area contributed by atoms with Crippen LogP contribution < -0.4 is 0 Å². The number of halogens is 1. The molecule has 31 heavy (non-hydrogen) atoms. The lowest BCUT2D eigenvalue weighted by Gasteiger charge is -2.26. The van der Waals surface area contributed by atoms with Crippen molar-refractivity contribution in [3.63, 3.8) is 0 Å². The van der Waals surface area contributed by atoms with Crippen molar-refractivity contribution in [2.45, 2.75) is 6.92 Å². The molecule has 2 aromatic carbocycles. The van der Waals surface area contributed by atoms with Crippen molar-refractivity contribution in [2.24, 2.45) is 0 Å². The largest absolute Gasteiger partial charge is 0.337 e. The van der Waals surface area contributed by atoms with Crippen LogP contribution in [0.5, 0.6) is 0 Å². The summed E-state index contributed by atoms with van der Waals surface area (Å²) in [4.78, 5) is 23.8. The van der Waals surface area contributed by atoms with Crippen LogP contribution in [0.4, 0.5) is 4.39 Å². The SMILES string of the molecule is Cc1cn(-c2ncc(-c3ccccc3F)cn2)c2cc(C(=O)N3CCSCC3)ccc12. The molecule has 1 aliphatic heterocycles. The maximum absolute atomic E-state index is 14.1. The number of hydrogen-bond donors (Lipinski definition) is 0. The summed E-state index contributed by atoms with van der Waals surface area (Å²) in [5.74, 6) is 2.19. The summed E-state index contributed by atoms with van der Waals surface area (Å²) >= 11 is 1.88. The quantitative estimate of drug-likeness (QED) is 0.470. The Balaban J connectivity index is 1.52. The van der Waals surface area contributed by atoms with Crippen molar-refractivity contribution in [1.29, 1.82) is 0 Å². The minimum absolute atomic E-state index is 0.0587. The molecule has 1 saturated heterocycles. The van der Waals surface area contributed by atoms with Crippen LogP contribution in [0.2, 0.25) is 0 Å². The first-order chi connectivity index (χ1) is 15.1. The number of aryl methyl sites for hydroxylation is 1. The molecule has 0 bridgehead atoms. The number of rotatable bonds is 3. The van der Waals surface area contributed by atoms with E-state index in [9.17, 15) is 9.18 Å². The molecule has 1 amide bonds. The standard InChI is InChI=1S/C24H21FN4OS/c1-16-15-29(24-26-13-18(14-27-24)20-4-2-3-5-21(20)25)22-12-17(6-7-19(16)22)23(30)28-8-10-31-11-9-28/h2-7,12-15H,8-11H2,1H3. The second kappa shape index (κ2) is 8.15. The fourth-order valence-electron chi connectivity index (χ4n) is 3.92. The smallest absolute Gasteiger partial charge is 0.253 e. The Bertz CT molecular complexity index is 1260. The van der Waals surface area contributed by atoms with Crippen LogP contribution in [0.3, 0.4) is 0 Å². The third kappa shape index (κ3) is 3.70. The number of nitrogens with zero attached hydrogens (tertiary/aromatic N) is 4. The molecule has 0 N–H and O–H groups in total. The molecule has 0 aliphatic carbocycles. The van der Waals surface area contributed by atoms with E-state index in [0.717, 1.165) is 41.1 Å². The summed E-state index contributed by atoms with van der Waals surface area (Å²) in [6.07, 6.45) is 5.22. The molecule has 0 unspecified atom stereocenters. The number of aromatic nitrogens is 3. The van der Waals surface area contributed by atoms with Crippen molar-refractivity contribution in [2.75, 3.05) is 24.6 Å². The van der Waals surface area contributed by atoms with Gasteiger partial charge in [-0.05, 0) is 30.7 Å². The van der Waals surface area contributed by atoms with Gasteiger partial charge in [0.1, 0.15) is 5.82 Å². The Morgan fingerprint density at radius 3 is 2.55 bits per heavy atom. The number of carbonyl (C=O) groups is 1. The number of hydrogen-bond acceptors (Lipinski definition) is 4. The van der Waals surface area contributed by atoms with Crippen molar-refractivity contribution >= 4 is 28.6 Å². The zero-order chi connectivity index (χ0) is 21.4. The zero-order valence-corrected chi connectivity index (χ0v) is 17.9. The zero-order valence-electron chi connectivity index (χ0n) is 17.1. The van der Waals surface area contributed by atoms with Crippen molar-refractivity contribution in [3.8, 4) is 17.1 Å². The first-order valence-electron chi connectivity index (χ1n) is 10.2. The Morgan fingerprint density at radius 1 is 1.06 bits per heavy atom. The highest BCUT2D eigenvalue weighted by Gasteiger charge is 2.20. The van der Waals surface area contributed by atoms with E-state index < -0.39 is 0 Å². The molecule has 5 rings (SSSR count). The first-order valence-corrected chi connectivity index (χ1v) is 11.3. The topological polar surface area (TPSA) is 51.0 Å². The molecule has 0 saturated carbocycles. The molecule has 7 heteroatoms. The number of benzene rings is 2. The molecule has 5 nitrogen and oxygen atoms in total. The highest BCUT2D eigenvalue weighted by molar-refractivity contribution is 7.99. The fraction of sp³-hybridized carbons (Fsp3) is 0.208. The van der Waals surface area contributed by atoms with Crippen molar-refractivity contribution in [3.05, 3.63) is 78.0 Å². The number of thioether (sulfide) groups is 1. The van der Waals surface area contributed by atoms with Crippen LogP contribution in [-0.4, -0.2) is 49.9 Å². The van der Waals surface area contributed by atoms with Crippen LogP contribution in [0.25, 0.3) is 28.0 Å². The second-order valence-corrected chi connectivity index (χ2v) is 8.79. The highest BCUT2D eigenvalue weighted by atomic mass is 32.2. The van der Waals surface area contributed by atoms with E-state index in [1.165, 1.54) is 6.07 Å². The van der Waals surface area contributed by atoms with Gasteiger partial charge in [0.05, 0.1) is 5.52 Å². The maximum atomic E-state index is 14.1. The molecule has 4 aromatic rings. The lowest BCUT2D eigenvalue weighted by Crippen LogP contribution is -2.37. The van der Waals surface area contributed by atoms with Gasteiger partial charge in [0, 0.05) is 65.3 Å². The minimum Gasteiger partial charge on any atom is -0.337 e. The van der Waals surface area contributed by atoms with E-state index in [1.807, 2.05) is 52.5 Å². The van der Waals surface area contributed by atoms with Gasteiger partial charge >= 0.3 is 0 Å². The average Bonchev–Trinajstić information content (AvgIpc) is 3.15. The Morgan fingerprint density at radius 2 is 1.81 bits per heavy atom. The van der Waals surface area contributed by atoms with E-state index in [4.69, 9.17) is 0 Å².